The molecule has 2 aromatic rings. The zero-order valence-electron chi connectivity index (χ0n) is 11.2. The van der Waals surface area contributed by atoms with Crippen LogP contribution in [-0.4, -0.2) is 13.1 Å². The van der Waals surface area contributed by atoms with Gasteiger partial charge in [0.05, 0.1) is 24.0 Å². The molecule has 0 spiro atoms. The molecule has 20 heavy (non-hydrogen) atoms. The molecule has 0 aliphatic carbocycles. The summed E-state index contributed by atoms with van der Waals surface area (Å²) in [4.78, 5) is 11.7. The number of esters is 1. The van der Waals surface area contributed by atoms with E-state index in [2.05, 4.69) is 5.32 Å². The molecular weight excluding hydrogens is 259 g/mol. The molecule has 0 fully saturated rings. The van der Waals surface area contributed by atoms with Crippen molar-refractivity contribution in [3.63, 3.8) is 0 Å². The Morgan fingerprint density at radius 2 is 2.05 bits per heavy atom. The first-order valence-electron chi connectivity index (χ1n) is 6.02. The minimum Gasteiger partial charge on any atom is -0.465 e. The van der Waals surface area contributed by atoms with Crippen molar-refractivity contribution in [2.75, 3.05) is 18.2 Å². The third-order valence-electron chi connectivity index (χ3n) is 2.81. The minimum absolute atomic E-state index is 0.300. The number of halogens is 1. The van der Waals surface area contributed by atoms with Gasteiger partial charge >= 0.3 is 5.97 Å². The van der Waals surface area contributed by atoms with Crippen LogP contribution in [0.2, 0.25) is 0 Å². The van der Waals surface area contributed by atoms with Crippen molar-refractivity contribution in [3.8, 4) is 0 Å². The van der Waals surface area contributed by atoms with Gasteiger partial charge in [-0.2, -0.15) is 0 Å². The summed E-state index contributed by atoms with van der Waals surface area (Å²) in [7, 11) is 1.29. The smallest absolute Gasteiger partial charge is 0.340 e. The van der Waals surface area contributed by atoms with Crippen LogP contribution >= 0.6 is 0 Å². The zero-order chi connectivity index (χ0) is 14.7. The number of methoxy groups -OCH3 is 1. The van der Waals surface area contributed by atoms with Gasteiger partial charge in [0.2, 0.25) is 0 Å². The van der Waals surface area contributed by atoms with Crippen LogP contribution in [-0.2, 0) is 4.74 Å². The maximum Gasteiger partial charge on any atom is 0.340 e. The fourth-order valence-electron chi connectivity index (χ4n) is 1.94. The highest BCUT2D eigenvalue weighted by Gasteiger charge is 2.14. The normalized spacial score (nSPS) is 10.2. The molecule has 2 rings (SSSR count). The van der Waals surface area contributed by atoms with Gasteiger partial charge in [0.15, 0.2) is 0 Å². The van der Waals surface area contributed by atoms with E-state index in [-0.39, 0.29) is 5.82 Å². The van der Waals surface area contributed by atoms with Crippen LogP contribution in [0.3, 0.4) is 0 Å². The molecule has 104 valence electrons. The van der Waals surface area contributed by atoms with Gasteiger partial charge in [0.25, 0.3) is 0 Å². The molecule has 0 amide bonds. The first-order valence-corrected chi connectivity index (χ1v) is 6.02. The second kappa shape index (κ2) is 5.61. The zero-order valence-corrected chi connectivity index (χ0v) is 11.2. The second-order valence-electron chi connectivity index (χ2n) is 4.40. The summed E-state index contributed by atoms with van der Waals surface area (Å²) in [6, 6.07) is 9.42. The average Bonchev–Trinajstić information content (AvgIpc) is 2.39. The summed E-state index contributed by atoms with van der Waals surface area (Å²) in [5.74, 6) is -0.866. The first kappa shape index (κ1) is 13.9. The third-order valence-corrected chi connectivity index (χ3v) is 2.81. The van der Waals surface area contributed by atoms with Crippen molar-refractivity contribution in [1.29, 1.82) is 0 Å². The standard InChI is InChI=1S/C15H15FN2O2/c1-9-6-10(16)8-11(7-9)18-14-12(15(19)20-2)4-3-5-13(14)17/h3-8,18H,17H2,1-2H3. The second-order valence-corrected chi connectivity index (χ2v) is 4.40. The summed E-state index contributed by atoms with van der Waals surface area (Å²) >= 11 is 0. The number of hydrogen-bond acceptors (Lipinski definition) is 4. The lowest BCUT2D eigenvalue weighted by atomic mass is 10.1. The number of para-hydroxylation sites is 1. The fourth-order valence-corrected chi connectivity index (χ4v) is 1.94. The SMILES string of the molecule is COC(=O)c1cccc(N)c1Nc1cc(C)cc(F)c1. The van der Waals surface area contributed by atoms with Gasteiger partial charge in [-0.1, -0.05) is 6.07 Å². The van der Waals surface area contributed by atoms with E-state index in [0.717, 1.165) is 5.56 Å². The molecule has 0 heterocycles. The number of rotatable bonds is 3. The van der Waals surface area contributed by atoms with E-state index in [1.807, 2.05) is 0 Å². The molecule has 0 aliphatic heterocycles. The Kier molecular flexibility index (Phi) is 3.89. The largest absolute Gasteiger partial charge is 0.465 e. The van der Waals surface area contributed by atoms with Gasteiger partial charge in [-0.25, -0.2) is 9.18 Å². The van der Waals surface area contributed by atoms with Crippen LogP contribution in [0.1, 0.15) is 15.9 Å². The van der Waals surface area contributed by atoms with E-state index in [9.17, 15) is 9.18 Å². The van der Waals surface area contributed by atoms with E-state index < -0.39 is 5.97 Å². The number of nitrogens with two attached hydrogens (primary N) is 1. The topological polar surface area (TPSA) is 64.3 Å². The summed E-state index contributed by atoms with van der Waals surface area (Å²) in [6.07, 6.45) is 0. The van der Waals surface area contributed by atoms with Crippen LogP contribution in [0.25, 0.3) is 0 Å². The van der Waals surface area contributed by atoms with Gasteiger partial charge in [-0.15, -0.1) is 0 Å². The highest BCUT2D eigenvalue weighted by Crippen LogP contribution is 2.28. The molecule has 0 atom stereocenters. The van der Waals surface area contributed by atoms with Gasteiger partial charge in [0, 0.05) is 5.69 Å². The van der Waals surface area contributed by atoms with Gasteiger partial charge in [0.1, 0.15) is 5.82 Å². The van der Waals surface area contributed by atoms with Gasteiger partial charge in [-0.3, -0.25) is 0 Å². The van der Waals surface area contributed by atoms with Gasteiger partial charge in [-0.05, 0) is 42.8 Å². The van der Waals surface area contributed by atoms with Gasteiger partial charge < -0.3 is 15.8 Å². The number of hydrogen-bond donors (Lipinski definition) is 2. The summed E-state index contributed by atoms with van der Waals surface area (Å²) in [5, 5.41) is 2.97. The molecule has 0 bridgehead atoms. The maximum atomic E-state index is 13.4. The number of carbonyl (C=O) groups excluding carboxylic acids is 1. The van der Waals surface area contributed by atoms with Crippen molar-refractivity contribution in [3.05, 3.63) is 53.3 Å². The lowest BCUT2D eigenvalue weighted by molar-refractivity contribution is 0.0602. The quantitative estimate of drug-likeness (QED) is 0.666. The Morgan fingerprint density at radius 3 is 2.70 bits per heavy atom. The van der Waals surface area contributed by atoms with E-state index in [4.69, 9.17) is 10.5 Å². The molecule has 2 aromatic carbocycles. The van der Waals surface area contributed by atoms with Crippen molar-refractivity contribution in [2.24, 2.45) is 0 Å². The van der Waals surface area contributed by atoms with Crippen molar-refractivity contribution < 1.29 is 13.9 Å². The third kappa shape index (κ3) is 2.88. The molecular formula is C15H15FN2O2. The lowest BCUT2D eigenvalue weighted by Crippen LogP contribution is -2.08. The highest BCUT2D eigenvalue weighted by molar-refractivity contribution is 5.99. The number of benzene rings is 2. The molecule has 0 aromatic heterocycles. The monoisotopic (exact) mass is 274 g/mol. The number of ether oxygens (including phenoxy) is 1. The molecule has 0 saturated carbocycles. The van der Waals surface area contributed by atoms with Crippen LogP contribution in [0.4, 0.5) is 21.5 Å². The van der Waals surface area contributed by atoms with Crippen LogP contribution < -0.4 is 11.1 Å². The van der Waals surface area contributed by atoms with Crippen LogP contribution in [0, 0.1) is 12.7 Å². The number of carbonyl (C=O) groups is 1. The Hall–Kier alpha value is -2.56. The predicted octanol–water partition coefficient (Wildman–Crippen LogP) is 3.25. The molecule has 0 radical (unpaired) electrons. The molecule has 5 heteroatoms. The van der Waals surface area contributed by atoms with Crippen molar-refractivity contribution in [2.45, 2.75) is 6.92 Å². The predicted molar refractivity (Wildman–Crippen MR) is 76.6 cm³/mol. The van der Waals surface area contributed by atoms with E-state index in [1.165, 1.54) is 19.2 Å². The lowest BCUT2D eigenvalue weighted by Gasteiger charge is -2.14. The number of aryl methyl sites for hydroxylation is 1. The average molecular weight is 274 g/mol. The van der Waals surface area contributed by atoms with E-state index in [1.54, 1.807) is 31.2 Å². The molecule has 0 unspecified atom stereocenters. The number of anilines is 3. The fraction of sp³-hybridized carbons (Fsp3) is 0.133. The van der Waals surface area contributed by atoms with E-state index in [0.29, 0.717) is 22.6 Å². The Bertz CT molecular complexity index is 636. The van der Waals surface area contributed by atoms with E-state index >= 15 is 0 Å². The Balaban J connectivity index is 2.44. The summed E-state index contributed by atoms with van der Waals surface area (Å²) in [5.41, 5.74) is 8.25. The highest BCUT2D eigenvalue weighted by atomic mass is 19.1. The van der Waals surface area contributed by atoms with Crippen LogP contribution in [0.5, 0.6) is 0 Å². The number of nitrogen functional groups attached to an aromatic ring is 1. The number of nitrogens with one attached hydrogen (secondary N) is 1. The Labute approximate surface area is 116 Å². The minimum atomic E-state index is -0.507. The van der Waals surface area contributed by atoms with Crippen LogP contribution in [0.15, 0.2) is 36.4 Å². The van der Waals surface area contributed by atoms with Crippen molar-refractivity contribution >= 4 is 23.0 Å². The summed E-state index contributed by atoms with van der Waals surface area (Å²) < 4.78 is 18.1. The molecule has 3 N–H and O–H groups in total. The van der Waals surface area contributed by atoms with Crippen molar-refractivity contribution in [1.82, 2.24) is 0 Å². The molecule has 0 aliphatic rings. The molecule has 4 nitrogen and oxygen atoms in total. The Morgan fingerprint density at radius 1 is 1.30 bits per heavy atom. The first-order chi connectivity index (χ1) is 9.51. The summed E-state index contributed by atoms with van der Waals surface area (Å²) in [6.45, 7) is 1.78. The maximum absolute atomic E-state index is 13.4. The molecule has 0 saturated heterocycles.